The number of carbonyl (C=O) groups is 1. The number of benzene rings is 2. The molecule has 33 heavy (non-hydrogen) atoms. The monoisotopic (exact) mass is 440 g/mol. The van der Waals surface area contributed by atoms with Gasteiger partial charge in [-0.05, 0) is 57.0 Å². The highest BCUT2D eigenvalue weighted by atomic mass is 16.2. The molecule has 5 rings (SSSR count). The van der Waals surface area contributed by atoms with Gasteiger partial charge in [0.2, 0.25) is 5.91 Å². The normalized spacial score (nSPS) is 11.6. The van der Waals surface area contributed by atoms with E-state index in [1.54, 1.807) is 4.90 Å². The summed E-state index contributed by atoms with van der Waals surface area (Å²) < 4.78 is 4.08. The van der Waals surface area contributed by atoms with E-state index >= 15 is 0 Å². The highest BCUT2D eigenvalue weighted by Gasteiger charge is 2.18. The molecule has 7 nitrogen and oxygen atoms in total. The molecular weight excluding hydrogens is 412 g/mol. The van der Waals surface area contributed by atoms with Crippen LogP contribution in [0.5, 0.6) is 0 Å². The topological polar surface area (TPSA) is 68.3 Å². The lowest BCUT2D eigenvalue weighted by Gasteiger charge is -2.18. The molecule has 0 spiro atoms. The van der Waals surface area contributed by atoms with Gasteiger partial charge in [-0.3, -0.25) is 4.79 Å². The lowest BCUT2D eigenvalue weighted by molar-refractivity contribution is -0.130. The second-order valence-corrected chi connectivity index (χ2v) is 8.52. The van der Waals surface area contributed by atoms with Crippen LogP contribution in [0, 0.1) is 13.8 Å². The van der Waals surface area contributed by atoms with Crippen LogP contribution in [0.2, 0.25) is 0 Å². The lowest BCUT2D eigenvalue weighted by atomic mass is 10.1. The number of nitrogens with zero attached hydrogens (tertiary/aromatic N) is 6. The third kappa shape index (κ3) is 3.63. The van der Waals surface area contributed by atoms with E-state index in [1.807, 2.05) is 61.0 Å². The van der Waals surface area contributed by atoms with Gasteiger partial charge in [0.25, 0.3) is 0 Å². The van der Waals surface area contributed by atoms with Crippen LogP contribution in [0.1, 0.15) is 36.1 Å². The first-order valence-electron chi connectivity index (χ1n) is 11.4. The lowest BCUT2D eigenvalue weighted by Crippen LogP contribution is -2.28. The molecule has 0 aliphatic carbocycles. The molecule has 0 aliphatic heterocycles. The molecule has 0 unspecified atom stereocenters. The molecular formula is C26H28N6O. The Balaban J connectivity index is 1.35. The second-order valence-electron chi connectivity index (χ2n) is 8.52. The van der Waals surface area contributed by atoms with E-state index in [2.05, 4.69) is 24.5 Å². The number of para-hydroxylation sites is 2. The number of rotatable bonds is 6. The third-order valence-corrected chi connectivity index (χ3v) is 6.46. The number of fused-ring (bicyclic) bond motifs is 4. The summed E-state index contributed by atoms with van der Waals surface area (Å²) in [6.45, 7) is 7.48. The van der Waals surface area contributed by atoms with Gasteiger partial charge >= 0.3 is 0 Å². The minimum Gasteiger partial charge on any atom is -0.338 e. The predicted molar refractivity (Wildman–Crippen MR) is 130 cm³/mol. The van der Waals surface area contributed by atoms with Crippen molar-refractivity contribution in [3.05, 3.63) is 71.3 Å². The largest absolute Gasteiger partial charge is 0.338 e. The zero-order valence-corrected chi connectivity index (χ0v) is 19.5. The number of aryl methyl sites for hydroxylation is 3. The van der Waals surface area contributed by atoms with Crippen LogP contribution in [0.3, 0.4) is 0 Å². The highest BCUT2D eigenvalue weighted by Crippen LogP contribution is 2.23. The molecule has 2 aromatic carbocycles. The van der Waals surface area contributed by atoms with E-state index in [0.717, 1.165) is 56.9 Å². The Morgan fingerprint density at radius 2 is 1.73 bits per heavy atom. The van der Waals surface area contributed by atoms with E-state index in [-0.39, 0.29) is 5.91 Å². The number of amides is 1. The van der Waals surface area contributed by atoms with Crippen molar-refractivity contribution in [1.29, 1.82) is 0 Å². The van der Waals surface area contributed by atoms with Crippen molar-refractivity contribution in [1.82, 2.24) is 29.0 Å². The molecule has 3 heterocycles. The van der Waals surface area contributed by atoms with E-state index in [1.165, 1.54) is 0 Å². The minimum atomic E-state index is 0.0919. The number of hydrogen-bond donors (Lipinski definition) is 0. The van der Waals surface area contributed by atoms with E-state index < -0.39 is 0 Å². The van der Waals surface area contributed by atoms with Crippen molar-refractivity contribution in [2.75, 3.05) is 7.05 Å². The minimum absolute atomic E-state index is 0.0919. The summed E-state index contributed by atoms with van der Waals surface area (Å²) in [6.07, 6.45) is 1.04. The van der Waals surface area contributed by atoms with Gasteiger partial charge in [-0.1, -0.05) is 24.3 Å². The fraction of sp³-hybridized carbons (Fsp3) is 0.308. The molecule has 0 fully saturated rings. The fourth-order valence-electron chi connectivity index (χ4n) is 4.66. The molecule has 3 aromatic heterocycles. The van der Waals surface area contributed by atoms with E-state index in [0.29, 0.717) is 19.4 Å². The molecule has 1 amide bonds. The van der Waals surface area contributed by atoms with Crippen LogP contribution in [0.15, 0.2) is 48.5 Å². The van der Waals surface area contributed by atoms with Crippen LogP contribution in [0.4, 0.5) is 0 Å². The quantitative estimate of drug-likeness (QED) is 0.391. The summed E-state index contributed by atoms with van der Waals surface area (Å²) in [6, 6.07) is 16.1. The Bertz CT molecular complexity index is 1500. The second kappa shape index (κ2) is 8.31. The summed E-state index contributed by atoms with van der Waals surface area (Å²) in [5.41, 5.74) is 6.94. The molecule has 0 N–H and O–H groups in total. The Labute approximate surface area is 192 Å². The molecule has 0 aliphatic rings. The van der Waals surface area contributed by atoms with Crippen LogP contribution in [-0.2, 0) is 24.3 Å². The van der Waals surface area contributed by atoms with Gasteiger partial charge in [0.1, 0.15) is 5.82 Å². The van der Waals surface area contributed by atoms with Gasteiger partial charge in [-0.2, -0.15) is 5.10 Å². The first kappa shape index (κ1) is 21.1. The van der Waals surface area contributed by atoms with E-state index in [4.69, 9.17) is 15.1 Å². The summed E-state index contributed by atoms with van der Waals surface area (Å²) in [4.78, 5) is 24.4. The SMILES string of the molecule is CCn1c(CN(C)C(=O)CCc2c(C)nc3c4ccccc4nn3c2C)nc2ccccc21. The van der Waals surface area contributed by atoms with E-state index in [9.17, 15) is 4.79 Å². The first-order valence-corrected chi connectivity index (χ1v) is 11.4. The number of aromatic nitrogens is 5. The average Bonchev–Trinajstić information content (AvgIpc) is 3.36. The van der Waals surface area contributed by atoms with Gasteiger partial charge in [0.05, 0.1) is 23.1 Å². The Hall–Kier alpha value is -3.74. The zero-order valence-electron chi connectivity index (χ0n) is 19.5. The molecule has 5 aromatic rings. The summed E-state index contributed by atoms with van der Waals surface area (Å²) >= 11 is 0. The Morgan fingerprint density at radius 1 is 1.00 bits per heavy atom. The van der Waals surface area contributed by atoms with Gasteiger partial charge in [-0.25, -0.2) is 14.5 Å². The van der Waals surface area contributed by atoms with Crippen molar-refractivity contribution in [3.63, 3.8) is 0 Å². The maximum Gasteiger partial charge on any atom is 0.223 e. The predicted octanol–water partition coefficient (Wildman–Crippen LogP) is 4.46. The maximum absolute atomic E-state index is 13.0. The van der Waals surface area contributed by atoms with Crippen molar-refractivity contribution in [2.45, 2.75) is 46.7 Å². The van der Waals surface area contributed by atoms with Gasteiger partial charge in [0, 0.05) is 36.8 Å². The molecule has 0 radical (unpaired) electrons. The fourth-order valence-corrected chi connectivity index (χ4v) is 4.66. The standard InChI is InChI=1S/C26H28N6O/c1-5-31-23-13-9-8-12-22(23)28-24(31)16-30(4)25(33)15-14-19-17(2)27-26-20-10-6-7-11-21(20)29-32(26)18(19)3/h6-13H,5,14-16H2,1-4H3. The molecule has 0 saturated heterocycles. The third-order valence-electron chi connectivity index (χ3n) is 6.46. The smallest absolute Gasteiger partial charge is 0.223 e. The van der Waals surface area contributed by atoms with Gasteiger partial charge in [-0.15, -0.1) is 0 Å². The Morgan fingerprint density at radius 3 is 2.52 bits per heavy atom. The molecule has 0 atom stereocenters. The summed E-state index contributed by atoms with van der Waals surface area (Å²) in [7, 11) is 1.85. The molecule has 0 saturated carbocycles. The first-order chi connectivity index (χ1) is 16.0. The average molecular weight is 441 g/mol. The number of carbonyl (C=O) groups excluding carboxylic acids is 1. The van der Waals surface area contributed by atoms with Gasteiger partial charge < -0.3 is 9.47 Å². The summed E-state index contributed by atoms with van der Waals surface area (Å²) in [5, 5.41) is 5.77. The van der Waals surface area contributed by atoms with Crippen molar-refractivity contribution in [2.24, 2.45) is 0 Å². The molecule has 7 heteroatoms. The molecule has 168 valence electrons. The van der Waals surface area contributed by atoms with Crippen LogP contribution < -0.4 is 0 Å². The zero-order chi connectivity index (χ0) is 23.1. The van der Waals surface area contributed by atoms with Crippen LogP contribution in [-0.4, -0.2) is 42.0 Å². The highest BCUT2D eigenvalue weighted by molar-refractivity contribution is 5.92. The Kier molecular flexibility index (Phi) is 5.32. The molecule has 0 bridgehead atoms. The number of imidazole rings is 1. The summed E-state index contributed by atoms with van der Waals surface area (Å²) in [5.74, 6) is 1.00. The van der Waals surface area contributed by atoms with Crippen LogP contribution >= 0.6 is 0 Å². The van der Waals surface area contributed by atoms with Crippen molar-refractivity contribution < 1.29 is 4.79 Å². The number of hydrogen-bond acceptors (Lipinski definition) is 4. The van der Waals surface area contributed by atoms with Crippen LogP contribution in [0.25, 0.3) is 27.6 Å². The maximum atomic E-state index is 13.0. The van der Waals surface area contributed by atoms with Crippen molar-refractivity contribution in [3.8, 4) is 0 Å². The van der Waals surface area contributed by atoms with Gasteiger partial charge in [0.15, 0.2) is 5.65 Å². The van der Waals surface area contributed by atoms with Crippen molar-refractivity contribution >= 4 is 33.5 Å².